The van der Waals surface area contributed by atoms with E-state index in [-0.39, 0.29) is 24.5 Å². The van der Waals surface area contributed by atoms with E-state index >= 15 is 0 Å². The quantitative estimate of drug-likeness (QED) is 0.505. The lowest BCUT2D eigenvalue weighted by molar-refractivity contribution is -0.133. The van der Waals surface area contributed by atoms with Gasteiger partial charge in [0.25, 0.3) is 0 Å². The highest BCUT2D eigenvalue weighted by molar-refractivity contribution is 5.85. The van der Waals surface area contributed by atoms with Gasteiger partial charge in [-0.2, -0.15) is 4.68 Å². The fourth-order valence-electron chi connectivity index (χ4n) is 2.50. The van der Waals surface area contributed by atoms with Crippen LogP contribution in [0.2, 0.25) is 0 Å². The molecule has 1 aliphatic rings. The van der Waals surface area contributed by atoms with Gasteiger partial charge in [0, 0.05) is 11.5 Å². The van der Waals surface area contributed by atoms with Crippen molar-refractivity contribution in [3.63, 3.8) is 0 Å². The monoisotopic (exact) mass is 344 g/mol. The number of anilines is 1. The van der Waals surface area contributed by atoms with Crippen LogP contribution in [0.4, 0.5) is 10.1 Å². The van der Waals surface area contributed by atoms with Crippen LogP contribution in [-0.4, -0.2) is 33.8 Å². The number of esters is 1. The summed E-state index contributed by atoms with van der Waals surface area (Å²) >= 11 is 0. The Morgan fingerprint density at radius 3 is 2.68 bits per heavy atom. The van der Waals surface area contributed by atoms with E-state index in [1.807, 2.05) is 20.8 Å². The van der Waals surface area contributed by atoms with E-state index in [1.165, 1.54) is 6.07 Å². The number of terminal acetylenes is 1. The average Bonchev–Trinajstić information content (AvgIpc) is 2.88. The Hall–Kier alpha value is -3.08. The minimum Gasteiger partial charge on any atom is -0.423 e. The van der Waals surface area contributed by atoms with Gasteiger partial charge in [-0.1, -0.05) is 26.7 Å². The van der Waals surface area contributed by atoms with E-state index < -0.39 is 22.9 Å². The molecule has 0 bridgehead atoms. The van der Waals surface area contributed by atoms with E-state index in [9.17, 15) is 14.0 Å². The summed E-state index contributed by atoms with van der Waals surface area (Å²) in [4.78, 5) is 28.0. The fraction of sp³-hybridized carbons (Fsp3) is 0.353. The van der Waals surface area contributed by atoms with Crippen molar-refractivity contribution in [2.45, 2.75) is 26.2 Å². The van der Waals surface area contributed by atoms with E-state index in [4.69, 9.17) is 11.2 Å². The highest BCUT2D eigenvalue weighted by Gasteiger charge is 2.27. The molecule has 0 atom stereocenters. The molecule has 0 saturated heterocycles. The van der Waals surface area contributed by atoms with Crippen LogP contribution in [-0.2, 0) is 10.2 Å². The van der Waals surface area contributed by atoms with Gasteiger partial charge in [0.1, 0.15) is 18.1 Å². The number of H-pyrrole nitrogens is 1. The first-order chi connectivity index (χ1) is 11.7. The lowest BCUT2D eigenvalue weighted by Gasteiger charge is -2.28. The molecule has 0 saturated carbocycles. The van der Waals surface area contributed by atoms with Crippen molar-refractivity contribution in [3.8, 4) is 23.8 Å². The van der Waals surface area contributed by atoms with E-state index in [2.05, 4.69) is 16.0 Å². The summed E-state index contributed by atoms with van der Waals surface area (Å²) in [5, 5.41) is 4.19. The van der Waals surface area contributed by atoms with Crippen molar-refractivity contribution in [1.82, 2.24) is 14.8 Å². The third-order valence-electron chi connectivity index (χ3n) is 3.75. The molecule has 0 unspecified atom stereocenters. The number of halogens is 1. The summed E-state index contributed by atoms with van der Waals surface area (Å²) in [5.74, 6) is 1.68. The number of hydrogen-bond donors (Lipinski definition) is 1. The van der Waals surface area contributed by atoms with Gasteiger partial charge in [-0.3, -0.25) is 4.98 Å². The topological polar surface area (TPSA) is 80.2 Å². The first kappa shape index (κ1) is 16.8. The van der Waals surface area contributed by atoms with Gasteiger partial charge in [-0.15, -0.1) is 11.5 Å². The lowest BCUT2D eigenvalue weighted by Crippen LogP contribution is -2.37. The SMILES string of the molecule is C#CCN1CC(=O)Oc2cc(F)c(-n3nc(C(C)(C)C)[nH]c3=O)cc21. The Balaban J connectivity index is 2.15. The van der Waals surface area contributed by atoms with Crippen molar-refractivity contribution in [2.75, 3.05) is 18.0 Å². The molecule has 0 radical (unpaired) electrons. The minimum absolute atomic E-state index is 0.0459. The van der Waals surface area contributed by atoms with Crippen molar-refractivity contribution >= 4 is 11.7 Å². The lowest BCUT2D eigenvalue weighted by atomic mass is 9.96. The molecule has 0 aliphatic carbocycles. The van der Waals surface area contributed by atoms with Gasteiger partial charge < -0.3 is 9.64 Å². The number of fused-ring (bicyclic) bond motifs is 1. The zero-order chi connectivity index (χ0) is 18.4. The molecule has 8 heteroatoms. The van der Waals surface area contributed by atoms with Gasteiger partial charge in [-0.25, -0.2) is 14.0 Å². The second-order valence-corrected chi connectivity index (χ2v) is 6.75. The largest absolute Gasteiger partial charge is 0.423 e. The zero-order valence-corrected chi connectivity index (χ0v) is 14.1. The van der Waals surface area contributed by atoms with Gasteiger partial charge in [0.05, 0.1) is 12.2 Å². The van der Waals surface area contributed by atoms with Crippen molar-refractivity contribution in [2.24, 2.45) is 0 Å². The molecule has 2 aromatic rings. The van der Waals surface area contributed by atoms with Crippen LogP contribution in [0.3, 0.4) is 0 Å². The Morgan fingerprint density at radius 1 is 1.36 bits per heavy atom. The first-order valence-electron chi connectivity index (χ1n) is 7.63. The molecule has 130 valence electrons. The van der Waals surface area contributed by atoms with E-state index in [0.717, 1.165) is 10.7 Å². The number of carbonyl (C=O) groups is 1. The molecule has 3 rings (SSSR count). The number of nitrogens with zero attached hydrogens (tertiary/aromatic N) is 3. The molecule has 0 amide bonds. The predicted molar refractivity (Wildman–Crippen MR) is 89.5 cm³/mol. The molecule has 0 fully saturated rings. The number of hydrogen-bond acceptors (Lipinski definition) is 5. The highest BCUT2D eigenvalue weighted by atomic mass is 19.1. The molecule has 1 aromatic heterocycles. The van der Waals surface area contributed by atoms with Gasteiger partial charge in [-0.05, 0) is 6.07 Å². The zero-order valence-electron chi connectivity index (χ0n) is 14.1. The van der Waals surface area contributed by atoms with E-state index in [0.29, 0.717) is 11.5 Å². The molecule has 0 spiro atoms. The molecule has 1 aliphatic heterocycles. The van der Waals surface area contributed by atoms with Crippen LogP contribution < -0.4 is 15.3 Å². The van der Waals surface area contributed by atoms with Crippen LogP contribution in [0.1, 0.15) is 26.6 Å². The number of rotatable bonds is 2. The third kappa shape index (κ3) is 3.01. The molecule has 7 nitrogen and oxygen atoms in total. The number of aromatic amines is 1. The summed E-state index contributed by atoms with van der Waals surface area (Å²) in [6, 6.07) is 2.46. The van der Waals surface area contributed by atoms with E-state index in [1.54, 1.807) is 4.90 Å². The Bertz CT molecular complexity index is 946. The summed E-state index contributed by atoms with van der Waals surface area (Å²) in [7, 11) is 0. The minimum atomic E-state index is -0.733. The number of carbonyl (C=O) groups excluding carboxylic acids is 1. The second-order valence-electron chi connectivity index (χ2n) is 6.75. The maximum absolute atomic E-state index is 14.5. The summed E-state index contributed by atoms with van der Waals surface area (Å²) in [6.07, 6.45) is 5.33. The normalized spacial score (nSPS) is 14.0. The van der Waals surface area contributed by atoms with Gasteiger partial charge in [0.15, 0.2) is 11.6 Å². The van der Waals surface area contributed by atoms with Crippen LogP contribution in [0.15, 0.2) is 16.9 Å². The molecule has 2 heterocycles. The third-order valence-corrected chi connectivity index (χ3v) is 3.75. The number of benzene rings is 1. The van der Waals surface area contributed by atoms with Crippen LogP contribution >= 0.6 is 0 Å². The van der Waals surface area contributed by atoms with Crippen LogP contribution in [0, 0.1) is 18.2 Å². The fourth-order valence-corrected chi connectivity index (χ4v) is 2.50. The Morgan fingerprint density at radius 2 is 2.08 bits per heavy atom. The predicted octanol–water partition coefficient (Wildman–Crippen LogP) is 1.36. The number of ether oxygens (including phenoxy) is 1. The van der Waals surface area contributed by atoms with Crippen molar-refractivity contribution < 1.29 is 13.9 Å². The summed E-state index contributed by atoms with van der Waals surface area (Å²) in [5.41, 5.74) is -0.572. The molecule has 1 aromatic carbocycles. The first-order valence-corrected chi connectivity index (χ1v) is 7.63. The maximum Gasteiger partial charge on any atom is 0.348 e. The Kier molecular flexibility index (Phi) is 3.87. The second kappa shape index (κ2) is 5.77. The standard InChI is InChI=1S/C17H17FN4O3/c1-5-6-21-9-14(23)25-13-7-10(18)11(8-12(13)21)22-16(24)19-15(20-22)17(2,3)4/h1,7-8H,6,9H2,2-4H3,(H,19,20,24). The van der Waals surface area contributed by atoms with Gasteiger partial charge in [0.2, 0.25) is 0 Å². The summed E-state index contributed by atoms with van der Waals surface area (Å²) in [6.45, 7) is 5.74. The van der Waals surface area contributed by atoms with Crippen molar-refractivity contribution in [1.29, 1.82) is 0 Å². The summed E-state index contributed by atoms with van der Waals surface area (Å²) < 4.78 is 20.5. The molecular formula is C17H17FN4O3. The van der Waals surface area contributed by atoms with Crippen LogP contribution in [0.25, 0.3) is 5.69 Å². The molecule has 25 heavy (non-hydrogen) atoms. The molecule has 1 N–H and O–H groups in total. The maximum atomic E-state index is 14.5. The number of aromatic nitrogens is 3. The van der Waals surface area contributed by atoms with Gasteiger partial charge >= 0.3 is 11.7 Å². The highest BCUT2D eigenvalue weighted by Crippen LogP contribution is 2.35. The number of nitrogens with one attached hydrogen (secondary N) is 1. The Labute approximate surface area is 143 Å². The van der Waals surface area contributed by atoms with Crippen molar-refractivity contribution in [3.05, 3.63) is 34.3 Å². The van der Waals surface area contributed by atoms with Crippen LogP contribution in [0.5, 0.6) is 5.75 Å². The smallest absolute Gasteiger partial charge is 0.348 e. The average molecular weight is 344 g/mol. The molecular weight excluding hydrogens is 327 g/mol.